The van der Waals surface area contributed by atoms with Crippen molar-refractivity contribution in [2.45, 2.75) is 6.42 Å². The topological polar surface area (TPSA) is 42.9 Å². The van der Waals surface area contributed by atoms with Gasteiger partial charge in [0.25, 0.3) is 0 Å². The van der Waals surface area contributed by atoms with Crippen LogP contribution < -0.4 is 0 Å². The molecule has 0 aliphatic carbocycles. The molecule has 0 saturated carbocycles. The number of fused-ring (bicyclic) bond motifs is 2. The molecule has 0 spiro atoms. The number of pyridine rings is 2. The van der Waals surface area contributed by atoms with E-state index in [1.807, 2.05) is 48.5 Å². The average Bonchev–Trinajstić information content (AvgIpc) is 2.62. The van der Waals surface area contributed by atoms with Crippen molar-refractivity contribution in [2.24, 2.45) is 0 Å². The molecule has 0 aliphatic rings. The highest BCUT2D eigenvalue weighted by Crippen LogP contribution is 2.27. The first-order valence-electron chi connectivity index (χ1n) is 7.52. The summed E-state index contributed by atoms with van der Waals surface area (Å²) in [5.41, 5.74) is 3.56. The van der Waals surface area contributed by atoms with Crippen molar-refractivity contribution in [1.29, 1.82) is 0 Å². The molecule has 0 fully saturated rings. The number of nitrogens with zero attached hydrogens (tertiary/aromatic N) is 2. The van der Waals surface area contributed by atoms with Crippen LogP contribution in [0, 0.1) is 0 Å². The minimum absolute atomic E-state index is 0.0916. The van der Waals surface area contributed by atoms with E-state index in [9.17, 15) is 4.79 Å². The van der Waals surface area contributed by atoms with Crippen molar-refractivity contribution in [1.82, 2.24) is 9.97 Å². The van der Waals surface area contributed by atoms with Gasteiger partial charge in [-0.25, -0.2) is 4.98 Å². The fourth-order valence-corrected chi connectivity index (χ4v) is 2.92. The summed E-state index contributed by atoms with van der Waals surface area (Å²) in [7, 11) is 0. The number of benzene rings is 2. The SMILES string of the molecule is O=C(Cc1c2ccccc2nc2ccccc12)c1ccncc1. The smallest absolute Gasteiger partial charge is 0.167 e. The third-order valence-electron chi connectivity index (χ3n) is 4.04. The summed E-state index contributed by atoms with van der Waals surface area (Å²) in [6, 6.07) is 19.5. The normalized spacial score (nSPS) is 11.0. The van der Waals surface area contributed by atoms with E-state index >= 15 is 0 Å². The maximum Gasteiger partial charge on any atom is 0.167 e. The second kappa shape index (κ2) is 5.61. The maximum atomic E-state index is 12.7. The Morgan fingerprint density at radius 1 is 0.783 bits per heavy atom. The number of carbonyl (C=O) groups excluding carboxylic acids is 1. The van der Waals surface area contributed by atoms with Crippen LogP contribution in [0.1, 0.15) is 15.9 Å². The highest BCUT2D eigenvalue weighted by molar-refractivity contribution is 6.05. The average molecular weight is 298 g/mol. The lowest BCUT2D eigenvalue weighted by molar-refractivity contribution is 0.0993. The first-order chi connectivity index (χ1) is 11.3. The number of hydrogen-bond donors (Lipinski definition) is 0. The van der Waals surface area contributed by atoms with Gasteiger partial charge >= 0.3 is 0 Å². The van der Waals surface area contributed by atoms with Crippen LogP contribution >= 0.6 is 0 Å². The van der Waals surface area contributed by atoms with Crippen LogP contribution in [0.2, 0.25) is 0 Å². The Bertz CT molecular complexity index is 956. The van der Waals surface area contributed by atoms with Gasteiger partial charge in [-0.2, -0.15) is 0 Å². The number of carbonyl (C=O) groups is 1. The van der Waals surface area contributed by atoms with Gasteiger partial charge in [-0.1, -0.05) is 36.4 Å². The monoisotopic (exact) mass is 298 g/mol. The third kappa shape index (κ3) is 2.46. The molecule has 0 N–H and O–H groups in total. The lowest BCUT2D eigenvalue weighted by atomic mass is 9.96. The molecule has 23 heavy (non-hydrogen) atoms. The lowest BCUT2D eigenvalue weighted by Crippen LogP contribution is -2.05. The van der Waals surface area contributed by atoms with Crippen LogP contribution in [0.25, 0.3) is 21.8 Å². The van der Waals surface area contributed by atoms with Crippen molar-refractivity contribution in [3.8, 4) is 0 Å². The van der Waals surface area contributed by atoms with Crippen LogP contribution in [-0.2, 0) is 6.42 Å². The molecular formula is C20H14N2O. The Kier molecular flexibility index (Phi) is 3.31. The molecule has 0 bridgehead atoms. The summed E-state index contributed by atoms with van der Waals surface area (Å²) in [6.45, 7) is 0. The van der Waals surface area contributed by atoms with E-state index in [-0.39, 0.29) is 5.78 Å². The molecule has 2 heterocycles. The van der Waals surface area contributed by atoms with Gasteiger partial charge in [-0.3, -0.25) is 9.78 Å². The van der Waals surface area contributed by atoms with Gasteiger partial charge in [0.15, 0.2) is 5.78 Å². The van der Waals surface area contributed by atoms with Crippen molar-refractivity contribution < 1.29 is 4.79 Å². The number of para-hydroxylation sites is 2. The molecule has 110 valence electrons. The first-order valence-corrected chi connectivity index (χ1v) is 7.52. The van der Waals surface area contributed by atoms with E-state index in [2.05, 4.69) is 4.98 Å². The lowest BCUT2D eigenvalue weighted by Gasteiger charge is -2.10. The highest BCUT2D eigenvalue weighted by Gasteiger charge is 2.13. The second-order valence-electron chi connectivity index (χ2n) is 5.46. The standard InChI is InChI=1S/C20H14N2O/c23-20(14-9-11-21-12-10-14)13-17-15-5-1-3-7-18(15)22-19-8-4-2-6-16(17)19/h1-12H,13H2. The van der Waals surface area contributed by atoms with Gasteiger partial charge < -0.3 is 0 Å². The molecule has 0 saturated heterocycles. The Morgan fingerprint density at radius 2 is 1.35 bits per heavy atom. The molecule has 3 nitrogen and oxygen atoms in total. The Hall–Kier alpha value is -3.07. The van der Waals surface area contributed by atoms with Gasteiger partial charge in [0.2, 0.25) is 0 Å². The van der Waals surface area contributed by atoms with E-state index in [4.69, 9.17) is 4.98 Å². The number of hydrogen-bond acceptors (Lipinski definition) is 3. The Morgan fingerprint density at radius 3 is 1.96 bits per heavy atom. The fourth-order valence-electron chi connectivity index (χ4n) is 2.92. The molecule has 0 aliphatic heterocycles. The van der Waals surface area contributed by atoms with Gasteiger partial charge in [-0.05, 0) is 29.8 Å². The molecule has 2 aromatic carbocycles. The van der Waals surface area contributed by atoms with Gasteiger partial charge in [-0.15, -0.1) is 0 Å². The minimum atomic E-state index is 0.0916. The van der Waals surface area contributed by atoms with E-state index in [1.54, 1.807) is 24.5 Å². The molecular weight excluding hydrogens is 284 g/mol. The van der Waals surface area contributed by atoms with Crippen molar-refractivity contribution in [3.05, 3.63) is 84.2 Å². The Balaban J connectivity index is 1.91. The van der Waals surface area contributed by atoms with Crippen molar-refractivity contribution in [2.75, 3.05) is 0 Å². The Labute approximate surface area is 133 Å². The van der Waals surface area contributed by atoms with Gasteiger partial charge in [0.05, 0.1) is 11.0 Å². The summed E-state index contributed by atoms with van der Waals surface area (Å²) in [6.07, 6.45) is 3.65. The molecule has 0 amide bonds. The molecule has 4 aromatic rings. The largest absolute Gasteiger partial charge is 0.294 e. The maximum absolute atomic E-state index is 12.7. The van der Waals surface area contributed by atoms with Gasteiger partial charge in [0.1, 0.15) is 0 Å². The number of aromatic nitrogens is 2. The molecule has 3 heteroatoms. The fraction of sp³-hybridized carbons (Fsp3) is 0.0500. The summed E-state index contributed by atoms with van der Waals surface area (Å²) in [5, 5.41) is 2.07. The van der Waals surface area contributed by atoms with E-state index in [0.717, 1.165) is 27.4 Å². The van der Waals surface area contributed by atoms with Crippen LogP contribution in [-0.4, -0.2) is 15.8 Å². The highest BCUT2D eigenvalue weighted by atomic mass is 16.1. The predicted octanol–water partition coefficient (Wildman–Crippen LogP) is 4.21. The van der Waals surface area contributed by atoms with Crippen LogP contribution in [0.15, 0.2) is 73.1 Å². The zero-order valence-corrected chi connectivity index (χ0v) is 12.4. The summed E-state index contributed by atoms with van der Waals surface area (Å²) < 4.78 is 0. The number of ketones is 1. The van der Waals surface area contributed by atoms with Crippen molar-refractivity contribution >= 4 is 27.6 Å². The third-order valence-corrected chi connectivity index (χ3v) is 4.04. The second-order valence-corrected chi connectivity index (χ2v) is 5.46. The van der Waals surface area contributed by atoms with Crippen LogP contribution in [0.5, 0.6) is 0 Å². The molecule has 2 aromatic heterocycles. The molecule has 0 unspecified atom stereocenters. The zero-order valence-electron chi connectivity index (χ0n) is 12.4. The first kappa shape index (κ1) is 13.6. The predicted molar refractivity (Wildman–Crippen MR) is 91.5 cm³/mol. The molecule has 0 atom stereocenters. The summed E-state index contributed by atoms with van der Waals surface area (Å²) in [4.78, 5) is 21.3. The van der Waals surface area contributed by atoms with Gasteiger partial charge in [0, 0.05) is 35.2 Å². The molecule has 4 rings (SSSR count). The van der Waals surface area contributed by atoms with Crippen LogP contribution in [0.3, 0.4) is 0 Å². The molecule has 0 radical (unpaired) electrons. The number of Topliss-reactive ketones (excluding diaryl/α,β-unsaturated/α-hetero) is 1. The van der Waals surface area contributed by atoms with E-state index in [0.29, 0.717) is 12.0 Å². The summed E-state index contributed by atoms with van der Waals surface area (Å²) >= 11 is 0. The number of rotatable bonds is 3. The van der Waals surface area contributed by atoms with Crippen molar-refractivity contribution in [3.63, 3.8) is 0 Å². The summed E-state index contributed by atoms with van der Waals surface area (Å²) in [5.74, 6) is 0.0916. The quantitative estimate of drug-likeness (QED) is 0.420. The van der Waals surface area contributed by atoms with E-state index in [1.165, 1.54) is 0 Å². The zero-order chi connectivity index (χ0) is 15.6. The van der Waals surface area contributed by atoms with E-state index < -0.39 is 0 Å². The van der Waals surface area contributed by atoms with Crippen LogP contribution in [0.4, 0.5) is 0 Å². The minimum Gasteiger partial charge on any atom is -0.294 e.